The van der Waals surface area contributed by atoms with Crippen LogP contribution in [0.15, 0.2) is 40.5 Å². The molecule has 0 unspecified atom stereocenters. The van der Waals surface area contributed by atoms with Crippen LogP contribution < -0.4 is 10.6 Å². The molecule has 17 heavy (non-hydrogen) atoms. The minimum atomic E-state index is -0.168. The van der Waals surface area contributed by atoms with Gasteiger partial charge in [-0.1, -0.05) is 39.7 Å². The summed E-state index contributed by atoms with van der Waals surface area (Å²) in [5, 5.41) is 5.46. The van der Waals surface area contributed by atoms with Crippen molar-refractivity contribution >= 4 is 22.0 Å². The van der Waals surface area contributed by atoms with Crippen molar-refractivity contribution in [2.45, 2.75) is 20.3 Å². The normalized spacial score (nSPS) is 9.59. The molecule has 0 aliphatic heterocycles. The highest BCUT2D eigenvalue weighted by atomic mass is 79.9. The average Bonchev–Trinajstić information content (AvgIpc) is 2.29. The summed E-state index contributed by atoms with van der Waals surface area (Å²) < 4.78 is 1.08. The number of benzene rings is 1. The van der Waals surface area contributed by atoms with Crippen LogP contribution >= 0.6 is 15.9 Å². The van der Waals surface area contributed by atoms with Gasteiger partial charge in [0.1, 0.15) is 0 Å². The predicted molar refractivity (Wildman–Crippen MR) is 73.8 cm³/mol. The molecule has 1 aromatic carbocycles. The van der Waals surface area contributed by atoms with E-state index in [-0.39, 0.29) is 6.03 Å². The van der Waals surface area contributed by atoms with Crippen LogP contribution in [0.1, 0.15) is 19.4 Å². The van der Waals surface area contributed by atoms with Crippen molar-refractivity contribution < 1.29 is 4.79 Å². The van der Waals surface area contributed by atoms with Gasteiger partial charge in [0.25, 0.3) is 0 Å². The fourth-order valence-corrected chi connectivity index (χ4v) is 1.76. The summed E-state index contributed by atoms with van der Waals surface area (Å²) in [6, 6.07) is 7.84. The predicted octanol–water partition coefficient (Wildman–Crippen LogP) is 3.21. The van der Waals surface area contributed by atoms with Gasteiger partial charge in [0.15, 0.2) is 0 Å². The molecule has 1 aromatic rings. The van der Waals surface area contributed by atoms with Crippen LogP contribution in [-0.2, 0) is 6.42 Å². The minimum Gasteiger partial charge on any atom is -0.338 e. The number of carbonyl (C=O) groups is 1. The lowest BCUT2D eigenvalue weighted by Gasteiger charge is -2.06. The van der Waals surface area contributed by atoms with Crippen LogP contribution in [0.25, 0.3) is 0 Å². The number of hydrogen-bond acceptors (Lipinski definition) is 1. The smallest absolute Gasteiger partial charge is 0.318 e. The molecule has 92 valence electrons. The number of amides is 2. The van der Waals surface area contributed by atoms with Gasteiger partial charge in [0, 0.05) is 17.2 Å². The maximum atomic E-state index is 11.3. The second-order valence-electron chi connectivity index (χ2n) is 3.96. The molecule has 4 heteroatoms. The van der Waals surface area contributed by atoms with Gasteiger partial charge in [-0.25, -0.2) is 4.79 Å². The van der Waals surface area contributed by atoms with E-state index in [1.54, 1.807) is 6.20 Å². The van der Waals surface area contributed by atoms with Gasteiger partial charge < -0.3 is 10.6 Å². The zero-order chi connectivity index (χ0) is 12.7. The van der Waals surface area contributed by atoms with Crippen molar-refractivity contribution in [1.29, 1.82) is 0 Å². The first-order valence-corrected chi connectivity index (χ1v) is 6.30. The van der Waals surface area contributed by atoms with Gasteiger partial charge in [0.2, 0.25) is 0 Å². The Morgan fingerprint density at radius 3 is 2.71 bits per heavy atom. The Morgan fingerprint density at radius 2 is 2.06 bits per heavy atom. The molecule has 0 aromatic heterocycles. The Hall–Kier alpha value is -1.29. The molecule has 0 aliphatic carbocycles. The number of nitrogens with one attached hydrogen (secondary N) is 2. The second kappa shape index (κ2) is 7.12. The number of rotatable bonds is 4. The summed E-state index contributed by atoms with van der Waals surface area (Å²) in [7, 11) is 0. The number of halogens is 1. The van der Waals surface area contributed by atoms with Gasteiger partial charge in [-0.15, -0.1) is 0 Å². The summed E-state index contributed by atoms with van der Waals surface area (Å²) >= 11 is 3.48. The lowest BCUT2D eigenvalue weighted by atomic mass is 10.1. The molecular formula is C13H17BrN2O. The van der Waals surface area contributed by atoms with Crippen molar-refractivity contribution in [3.8, 4) is 0 Å². The van der Waals surface area contributed by atoms with Crippen LogP contribution in [0, 0.1) is 0 Å². The third kappa shape index (κ3) is 5.54. The van der Waals surface area contributed by atoms with Crippen molar-refractivity contribution in [2.75, 3.05) is 6.54 Å². The summed E-state index contributed by atoms with van der Waals surface area (Å²) in [5.41, 5.74) is 2.25. The summed E-state index contributed by atoms with van der Waals surface area (Å²) in [5.74, 6) is 0. The molecule has 3 nitrogen and oxygen atoms in total. The van der Waals surface area contributed by atoms with Gasteiger partial charge >= 0.3 is 6.03 Å². The quantitative estimate of drug-likeness (QED) is 0.880. The number of allylic oxidation sites excluding steroid dienone is 1. The van der Waals surface area contributed by atoms with E-state index >= 15 is 0 Å². The molecule has 0 spiro atoms. The number of carbonyl (C=O) groups excluding carboxylic acids is 1. The third-order valence-corrected chi connectivity index (χ3v) is 2.90. The van der Waals surface area contributed by atoms with Crippen LogP contribution in [0.3, 0.4) is 0 Å². The molecule has 0 bridgehead atoms. The Balaban J connectivity index is 2.31. The Morgan fingerprint density at radius 1 is 1.35 bits per heavy atom. The van der Waals surface area contributed by atoms with Crippen molar-refractivity contribution in [3.05, 3.63) is 46.1 Å². The van der Waals surface area contributed by atoms with Gasteiger partial charge in [0.05, 0.1) is 0 Å². The first-order valence-electron chi connectivity index (χ1n) is 5.50. The van der Waals surface area contributed by atoms with Crippen LogP contribution in [-0.4, -0.2) is 12.6 Å². The fraction of sp³-hybridized carbons (Fsp3) is 0.308. The molecule has 0 heterocycles. The highest BCUT2D eigenvalue weighted by Crippen LogP contribution is 2.15. The van der Waals surface area contributed by atoms with Gasteiger partial charge in [-0.2, -0.15) is 0 Å². The Kier molecular flexibility index (Phi) is 5.77. The lowest BCUT2D eigenvalue weighted by Crippen LogP contribution is -2.33. The Bertz CT molecular complexity index is 412. The highest BCUT2D eigenvalue weighted by Gasteiger charge is 2.00. The standard InChI is InChI=1S/C13H17BrN2O/c1-10(2)9-16-13(17)15-8-7-11-5-3-4-6-12(11)14/h3-6,9H,7-8H2,1-2H3,(H2,15,16,17). The van der Waals surface area contributed by atoms with E-state index < -0.39 is 0 Å². The largest absolute Gasteiger partial charge is 0.338 e. The zero-order valence-corrected chi connectivity index (χ0v) is 11.7. The van der Waals surface area contributed by atoms with Crippen molar-refractivity contribution in [2.24, 2.45) is 0 Å². The monoisotopic (exact) mass is 296 g/mol. The van der Waals surface area contributed by atoms with E-state index in [4.69, 9.17) is 0 Å². The van der Waals surface area contributed by atoms with Gasteiger partial charge in [-0.3, -0.25) is 0 Å². The van der Waals surface area contributed by atoms with E-state index in [1.807, 2.05) is 38.1 Å². The summed E-state index contributed by atoms with van der Waals surface area (Å²) in [4.78, 5) is 11.3. The highest BCUT2D eigenvalue weighted by molar-refractivity contribution is 9.10. The zero-order valence-electron chi connectivity index (χ0n) is 10.1. The number of urea groups is 1. The molecule has 0 atom stereocenters. The molecule has 0 fully saturated rings. The summed E-state index contributed by atoms with van der Waals surface area (Å²) in [6.45, 7) is 4.48. The molecular weight excluding hydrogens is 280 g/mol. The van der Waals surface area contributed by atoms with Crippen LogP contribution in [0.2, 0.25) is 0 Å². The average molecular weight is 297 g/mol. The van der Waals surface area contributed by atoms with E-state index in [2.05, 4.69) is 26.6 Å². The van der Waals surface area contributed by atoms with Crippen LogP contribution in [0.4, 0.5) is 4.79 Å². The molecule has 0 radical (unpaired) electrons. The SMILES string of the molecule is CC(C)=CNC(=O)NCCc1ccccc1Br. The topological polar surface area (TPSA) is 41.1 Å². The van der Waals surface area contributed by atoms with Gasteiger partial charge in [-0.05, 0) is 31.9 Å². The van der Waals surface area contributed by atoms with E-state index in [0.717, 1.165) is 16.5 Å². The molecule has 0 saturated heterocycles. The van der Waals surface area contributed by atoms with Crippen molar-refractivity contribution in [1.82, 2.24) is 10.6 Å². The second-order valence-corrected chi connectivity index (χ2v) is 4.82. The number of hydrogen-bond donors (Lipinski definition) is 2. The fourth-order valence-electron chi connectivity index (χ4n) is 1.27. The van der Waals surface area contributed by atoms with E-state index in [0.29, 0.717) is 6.54 Å². The third-order valence-electron chi connectivity index (χ3n) is 2.13. The van der Waals surface area contributed by atoms with E-state index in [9.17, 15) is 4.79 Å². The first-order chi connectivity index (χ1) is 8.09. The minimum absolute atomic E-state index is 0.168. The Labute approximate surface area is 110 Å². The molecule has 0 saturated carbocycles. The maximum absolute atomic E-state index is 11.3. The summed E-state index contributed by atoms with van der Waals surface area (Å²) in [6.07, 6.45) is 2.50. The maximum Gasteiger partial charge on any atom is 0.318 e. The lowest BCUT2D eigenvalue weighted by molar-refractivity contribution is 0.244. The first kappa shape index (κ1) is 13.8. The molecule has 1 rings (SSSR count). The van der Waals surface area contributed by atoms with Crippen molar-refractivity contribution in [3.63, 3.8) is 0 Å². The van der Waals surface area contributed by atoms with Crippen LogP contribution in [0.5, 0.6) is 0 Å². The molecule has 2 N–H and O–H groups in total. The molecule has 0 aliphatic rings. The molecule has 2 amide bonds. The van der Waals surface area contributed by atoms with E-state index in [1.165, 1.54) is 5.56 Å².